The van der Waals surface area contributed by atoms with Crippen LogP contribution in [0.2, 0.25) is 0 Å². The molecule has 3 N–H and O–H groups in total. The second-order valence-corrected chi connectivity index (χ2v) is 6.70. The highest BCUT2D eigenvalue weighted by Crippen LogP contribution is 2.06. The molecule has 1 unspecified atom stereocenters. The second-order valence-electron chi connectivity index (χ2n) is 3.37. The van der Waals surface area contributed by atoms with Crippen molar-refractivity contribution in [2.45, 2.75) is 18.6 Å². The molecule has 0 aliphatic rings. The van der Waals surface area contributed by atoms with Crippen molar-refractivity contribution in [3.63, 3.8) is 0 Å². The first-order valence-electron chi connectivity index (χ1n) is 4.72. The Morgan fingerprint density at radius 3 is 2.88 bits per heavy atom. The molecule has 1 atom stereocenters. The van der Waals surface area contributed by atoms with Crippen LogP contribution in [0.5, 0.6) is 0 Å². The van der Waals surface area contributed by atoms with E-state index in [0.29, 0.717) is 13.0 Å². The van der Waals surface area contributed by atoms with E-state index in [0.717, 1.165) is 5.56 Å². The summed E-state index contributed by atoms with van der Waals surface area (Å²) in [5.74, 6) is 0. The molecule has 0 saturated carbocycles. The summed E-state index contributed by atoms with van der Waals surface area (Å²) in [4.78, 5) is -0.0111. The predicted octanol–water partition coefficient (Wildman–Crippen LogP) is 0.885. The number of hydrogen-bond acceptors (Lipinski definition) is 4. The van der Waals surface area contributed by atoms with Crippen LogP contribution in [0.3, 0.4) is 0 Å². The SMILES string of the molecule is CC(C(N)=S)S(=O)(=O)NCCc1ccsc1. The molecule has 7 heteroatoms. The lowest BCUT2D eigenvalue weighted by Gasteiger charge is -2.11. The van der Waals surface area contributed by atoms with Crippen molar-refractivity contribution < 1.29 is 8.42 Å². The summed E-state index contributed by atoms with van der Waals surface area (Å²) in [6.45, 7) is 1.85. The largest absolute Gasteiger partial charge is 0.392 e. The maximum absolute atomic E-state index is 11.6. The smallest absolute Gasteiger partial charge is 0.220 e. The highest BCUT2D eigenvalue weighted by atomic mass is 32.2. The number of thiocarbonyl (C=S) groups is 1. The van der Waals surface area contributed by atoms with Gasteiger partial charge in [-0.2, -0.15) is 11.3 Å². The van der Waals surface area contributed by atoms with Gasteiger partial charge in [-0.25, -0.2) is 13.1 Å². The number of nitrogens with two attached hydrogens (primary N) is 1. The maximum atomic E-state index is 11.6. The van der Waals surface area contributed by atoms with E-state index in [1.54, 1.807) is 11.3 Å². The van der Waals surface area contributed by atoms with Gasteiger partial charge in [-0.05, 0) is 35.7 Å². The normalized spacial score (nSPS) is 13.6. The number of nitrogens with one attached hydrogen (secondary N) is 1. The van der Waals surface area contributed by atoms with Crippen LogP contribution in [0.4, 0.5) is 0 Å². The van der Waals surface area contributed by atoms with Crippen LogP contribution in [-0.2, 0) is 16.4 Å². The van der Waals surface area contributed by atoms with Crippen molar-refractivity contribution in [3.05, 3.63) is 22.4 Å². The average molecular weight is 278 g/mol. The fraction of sp³-hybridized carbons (Fsp3) is 0.444. The number of hydrogen-bond donors (Lipinski definition) is 2. The standard InChI is InChI=1S/C9H14N2O2S3/c1-7(9(10)14)16(12,13)11-4-2-8-3-5-15-6-8/h3,5-7,11H,2,4H2,1H3,(H2,10,14). The van der Waals surface area contributed by atoms with Crippen LogP contribution in [0.1, 0.15) is 12.5 Å². The zero-order chi connectivity index (χ0) is 12.2. The minimum atomic E-state index is -3.43. The van der Waals surface area contributed by atoms with E-state index in [2.05, 4.69) is 16.9 Å². The molecular formula is C9H14N2O2S3. The Morgan fingerprint density at radius 2 is 2.38 bits per heavy atom. The molecule has 0 aliphatic carbocycles. The molecule has 1 aromatic rings. The monoisotopic (exact) mass is 278 g/mol. The zero-order valence-electron chi connectivity index (χ0n) is 8.84. The van der Waals surface area contributed by atoms with E-state index in [1.807, 2.05) is 16.8 Å². The molecule has 0 radical (unpaired) electrons. The molecule has 1 heterocycles. The van der Waals surface area contributed by atoms with E-state index in [4.69, 9.17) is 5.73 Å². The van der Waals surface area contributed by atoms with E-state index >= 15 is 0 Å². The Bertz CT molecular complexity index is 439. The lowest BCUT2D eigenvalue weighted by molar-refractivity contribution is 0.578. The molecule has 1 rings (SSSR count). The molecule has 0 aromatic carbocycles. The topological polar surface area (TPSA) is 72.2 Å². The summed E-state index contributed by atoms with van der Waals surface area (Å²) in [5.41, 5.74) is 6.42. The van der Waals surface area contributed by atoms with Crippen molar-refractivity contribution in [3.8, 4) is 0 Å². The van der Waals surface area contributed by atoms with Gasteiger partial charge in [-0.1, -0.05) is 12.2 Å². The van der Waals surface area contributed by atoms with E-state index in [1.165, 1.54) is 6.92 Å². The number of thiophene rings is 1. The molecule has 0 spiro atoms. The highest BCUT2D eigenvalue weighted by molar-refractivity contribution is 7.93. The van der Waals surface area contributed by atoms with Gasteiger partial charge in [-0.15, -0.1) is 0 Å². The van der Waals surface area contributed by atoms with Crippen molar-refractivity contribution in [1.29, 1.82) is 0 Å². The van der Waals surface area contributed by atoms with Gasteiger partial charge in [0.2, 0.25) is 10.0 Å². The Balaban J connectivity index is 2.46. The summed E-state index contributed by atoms with van der Waals surface area (Å²) in [5, 5.41) is 3.12. The van der Waals surface area contributed by atoms with Gasteiger partial charge in [0, 0.05) is 6.54 Å². The third-order valence-electron chi connectivity index (χ3n) is 2.16. The quantitative estimate of drug-likeness (QED) is 0.758. The molecule has 16 heavy (non-hydrogen) atoms. The first-order valence-corrected chi connectivity index (χ1v) is 7.62. The van der Waals surface area contributed by atoms with Crippen LogP contribution < -0.4 is 10.5 Å². The van der Waals surface area contributed by atoms with E-state index in [-0.39, 0.29) is 4.99 Å². The molecule has 4 nitrogen and oxygen atoms in total. The van der Waals surface area contributed by atoms with Crippen LogP contribution in [0, 0.1) is 0 Å². The van der Waals surface area contributed by atoms with E-state index < -0.39 is 15.3 Å². The summed E-state index contributed by atoms with van der Waals surface area (Å²) in [6.07, 6.45) is 0.673. The van der Waals surface area contributed by atoms with Gasteiger partial charge in [0.1, 0.15) is 5.25 Å². The van der Waals surface area contributed by atoms with Crippen LogP contribution in [-0.4, -0.2) is 25.2 Å². The molecular weight excluding hydrogens is 264 g/mol. The number of rotatable bonds is 6. The average Bonchev–Trinajstić information content (AvgIpc) is 2.69. The van der Waals surface area contributed by atoms with Gasteiger partial charge in [0.15, 0.2) is 0 Å². The van der Waals surface area contributed by atoms with Gasteiger partial charge in [0.05, 0.1) is 4.99 Å². The molecule has 90 valence electrons. The van der Waals surface area contributed by atoms with Gasteiger partial charge in [0.25, 0.3) is 0 Å². The van der Waals surface area contributed by atoms with Crippen molar-refractivity contribution in [2.24, 2.45) is 5.73 Å². The molecule has 0 fully saturated rings. The first-order chi connectivity index (χ1) is 7.43. The Hall–Kier alpha value is -0.500. The fourth-order valence-corrected chi connectivity index (χ4v) is 3.08. The molecule has 0 aliphatic heterocycles. The number of sulfonamides is 1. The van der Waals surface area contributed by atoms with Gasteiger partial charge in [-0.3, -0.25) is 0 Å². The lowest BCUT2D eigenvalue weighted by Crippen LogP contribution is -2.40. The summed E-state index contributed by atoms with van der Waals surface area (Å²) >= 11 is 6.25. The Labute approximate surface area is 105 Å². The van der Waals surface area contributed by atoms with E-state index in [9.17, 15) is 8.42 Å². The Kier molecular flexibility index (Phi) is 4.85. The van der Waals surface area contributed by atoms with Gasteiger partial charge < -0.3 is 5.73 Å². The first kappa shape index (κ1) is 13.6. The highest BCUT2D eigenvalue weighted by Gasteiger charge is 2.22. The molecule has 0 amide bonds. The molecule has 0 bridgehead atoms. The minimum absolute atomic E-state index is 0.0111. The van der Waals surface area contributed by atoms with Crippen LogP contribution in [0.25, 0.3) is 0 Å². The third kappa shape index (κ3) is 3.82. The fourth-order valence-electron chi connectivity index (χ4n) is 1.05. The van der Waals surface area contributed by atoms with Crippen LogP contribution in [0.15, 0.2) is 16.8 Å². The Morgan fingerprint density at radius 1 is 1.69 bits per heavy atom. The second kappa shape index (κ2) is 5.72. The summed E-state index contributed by atoms with van der Waals surface area (Å²) in [7, 11) is -3.43. The molecule has 1 aromatic heterocycles. The van der Waals surface area contributed by atoms with Crippen molar-refractivity contribution in [1.82, 2.24) is 4.72 Å². The lowest BCUT2D eigenvalue weighted by atomic mass is 10.2. The predicted molar refractivity (Wildman–Crippen MR) is 71.2 cm³/mol. The van der Waals surface area contributed by atoms with Crippen molar-refractivity contribution in [2.75, 3.05) is 6.54 Å². The van der Waals surface area contributed by atoms with Crippen molar-refractivity contribution >= 4 is 38.6 Å². The minimum Gasteiger partial charge on any atom is -0.392 e. The summed E-state index contributed by atoms with van der Waals surface area (Å²) < 4.78 is 25.7. The molecule has 0 saturated heterocycles. The van der Waals surface area contributed by atoms with Gasteiger partial charge >= 0.3 is 0 Å². The zero-order valence-corrected chi connectivity index (χ0v) is 11.3. The maximum Gasteiger partial charge on any atom is 0.220 e. The third-order valence-corrected chi connectivity index (χ3v) is 5.19. The van der Waals surface area contributed by atoms with Crippen LogP contribution >= 0.6 is 23.6 Å². The summed E-state index contributed by atoms with van der Waals surface area (Å²) in [6, 6.07) is 1.97.